The Labute approximate surface area is 234 Å². The van der Waals surface area contributed by atoms with Gasteiger partial charge in [0, 0.05) is 17.6 Å². The van der Waals surface area contributed by atoms with E-state index in [1.807, 2.05) is 24.3 Å². The Hall–Kier alpha value is -3.78. The number of nitrogens with one attached hydrogen (secondary N) is 2. The number of rotatable bonds is 8. The molecule has 0 radical (unpaired) electrons. The van der Waals surface area contributed by atoms with Crippen molar-refractivity contribution in [3.05, 3.63) is 65.2 Å². The zero-order valence-electron chi connectivity index (χ0n) is 23.1. The Kier molecular flexibility index (Phi) is 9.45. The predicted octanol–water partition coefficient (Wildman–Crippen LogP) is 6.99. The number of hydrogen-bond donors (Lipinski definition) is 2. The van der Waals surface area contributed by atoms with Gasteiger partial charge in [0.05, 0.1) is 23.3 Å². The van der Waals surface area contributed by atoms with Crippen LogP contribution in [0.2, 0.25) is 5.02 Å². The summed E-state index contributed by atoms with van der Waals surface area (Å²) in [6.45, 7) is 11.2. The fraction of sp³-hybridized carbons (Fsp3) is 0.367. The SMILES string of the molecule is CC(C)(C)OC(=O)NCCCOc1cc2ccccc2cc1C(=O)Nc1ccc(Cl)cc1OC(=O)C(C)(C)C. The summed E-state index contributed by atoms with van der Waals surface area (Å²) in [5, 5.41) is 7.64. The summed E-state index contributed by atoms with van der Waals surface area (Å²) in [6.07, 6.45) is -0.00350. The molecule has 0 heterocycles. The van der Waals surface area contributed by atoms with Gasteiger partial charge in [0.2, 0.25) is 0 Å². The van der Waals surface area contributed by atoms with Crippen LogP contribution in [-0.2, 0) is 9.53 Å². The normalized spacial score (nSPS) is 11.6. The van der Waals surface area contributed by atoms with Crippen molar-refractivity contribution in [1.82, 2.24) is 5.32 Å². The minimum atomic E-state index is -0.749. The van der Waals surface area contributed by atoms with Crippen LogP contribution in [0.1, 0.15) is 58.3 Å². The van der Waals surface area contributed by atoms with Gasteiger partial charge in [0.15, 0.2) is 5.75 Å². The Morgan fingerprint density at radius 3 is 2.18 bits per heavy atom. The first-order valence-electron chi connectivity index (χ1n) is 12.7. The molecule has 0 aliphatic heterocycles. The van der Waals surface area contributed by atoms with E-state index in [4.69, 9.17) is 25.8 Å². The molecule has 0 unspecified atom stereocenters. The van der Waals surface area contributed by atoms with Crippen LogP contribution in [0.5, 0.6) is 11.5 Å². The van der Waals surface area contributed by atoms with Gasteiger partial charge in [-0.3, -0.25) is 9.59 Å². The lowest BCUT2D eigenvalue weighted by molar-refractivity contribution is -0.142. The smallest absolute Gasteiger partial charge is 0.407 e. The number of alkyl carbamates (subject to hydrolysis) is 1. The number of hydrogen-bond acceptors (Lipinski definition) is 6. The van der Waals surface area contributed by atoms with Crippen molar-refractivity contribution in [2.24, 2.45) is 5.41 Å². The number of esters is 1. The fourth-order valence-electron chi connectivity index (χ4n) is 3.40. The van der Waals surface area contributed by atoms with Crippen LogP contribution in [0.25, 0.3) is 10.8 Å². The van der Waals surface area contributed by atoms with Crippen molar-refractivity contribution in [1.29, 1.82) is 0 Å². The van der Waals surface area contributed by atoms with Crippen LogP contribution in [0.4, 0.5) is 10.5 Å². The lowest BCUT2D eigenvalue weighted by atomic mass is 9.97. The number of benzene rings is 3. The van der Waals surface area contributed by atoms with Crippen LogP contribution in [0.15, 0.2) is 54.6 Å². The summed E-state index contributed by atoms with van der Waals surface area (Å²) in [6, 6.07) is 15.8. The van der Waals surface area contributed by atoms with Crippen molar-refractivity contribution >= 4 is 46.0 Å². The van der Waals surface area contributed by atoms with Gasteiger partial charge in [-0.1, -0.05) is 35.9 Å². The van der Waals surface area contributed by atoms with Crippen LogP contribution >= 0.6 is 11.6 Å². The topological polar surface area (TPSA) is 103 Å². The van der Waals surface area contributed by atoms with Gasteiger partial charge in [-0.2, -0.15) is 0 Å². The molecular formula is C30H35ClN2O6. The van der Waals surface area contributed by atoms with E-state index >= 15 is 0 Å². The molecule has 0 aromatic heterocycles. The number of fused-ring (bicyclic) bond motifs is 1. The molecule has 2 N–H and O–H groups in total. The molecule has 3 aromatic rings. The van der Waals surface area contributed by atoms with Crippen molar-refractivity contribution in [2.75, 3.05) is 18.5 Å². The number of ether oxygens (including phenoxy) is 3. The average Bonchev–Trinajstić information content (AvgIpc) is 2.83. The van der Waals surface area contributed by atoms with Crippen molar-refractivity contribution in [3.63, 3.8) is 0 Å². The highest BCUT2D eigenvalue weighted by atomic mass is 35.5. The molecule has 208 valence electrons. The van der Waals surface area contributed by atoms with Gasteiger partial charge in [-0.05, 0) is 83.0 Å². The minimum absolute atomic E-state index is 0.146. The second kappa shape index (κ2) is 12.4. The first-order chi connectivity index (χ1) is 18.2. The third-order valence-electron chi connectivity index (χ3n) is 5.35. The van der Waals surface area contributed by atoms with Gasteiger partial charge in [-0.25, -0.2) is 4.79 Å². The van der Waals surface area contributed by atoms with Gasteiger partial charge in [0.25, 0.3) is 5.91 Å². The molecule has 0 aliphatic carbocycles. The molecule has 0 bridgehead atoms. The Bertz CT molecular complexity index is 1360. The van der Waals surface area contributed by atoms with Crippen LogP contribution in [0.3, 0.4) is 0 Å². The molecule has 0 fully saturated rings. The summed E-state index contributed by atoms with van der Waals surface area (Å²) in [5.41, 5.74) is -0.732. The Balaban J connectivity index is 1.78. The molecule has 0 atom stereocenters. The lowest BCUT2D eigenvalue weighted by Crippen LogP contribution is -2.33. The van der Waals surface area contributed by atoms with E-state index in [0.717, 1.165) is 10.8 Å². The third-order valence-corrected chi connectivity index (χ3v) is 5.58. The fourth-order valence-corrected chi connectivity index (χ4v) is 3.56. The van der Waals surface area contributed by atoms with Crippen LogP contribution in [0, 0.1) is 5.41 Å². The zero-order valence-corrected chi connectivity index (χ0v) is 23.9. The number of halogens is 1. The standard InChI is InChI=1S/C30H35ClN2O6/c1-29(2,3)27(35)38-25-18-21(31)12-13-23(25)33-26(34)22-16-19-10-7-8-11-20(19)17-24(22)37-15-9-14-32-28(36)39-30(4,5)6/h7-8,10-13,16-18H,9,14-15H2,1-6H3,(H,32,36)(H,33,34). The number of carbonyl (C=O) groups excluding carboxylic acids is 3. The molecule has 0 aliphatic rings. The monoisotopic (exact) mass is 554 g/mol. The summed E-state index contributed by atoms with van der Waals surface area (Å²) in [5.74, 6) is -0.383. The Morgan fingerprint density at radius 2 is 1.54 bits per heavy atom. The van der Waals surface area contributed by atoms with Gasteiger partial charge >= 0.3 is 12.1 Å². The average molecular weight is 555 g/mol. The van der Waals surface area contributed by atoms with E-state index in [-0.39, 0.29) is 12.4 Å². The summed E-state index contributed by atoms with van der Waals surface area (Å²) in [4.78, 5) is 37.8. The van der Waals surface area contributed by atoms with Crippen LogP contribution < -0.4 is 20.1 Å². The first-order valence-corrected chi connectivity index (χ1v) is 13.1. The Morgan fingerprint density at radius 1 is 0.872 bits per heavy atom. The first kappa shape index (κ1) is 29.8. The second-order valence-electron chi connectivity index (χ2n) is 11.1. The summed E-state index contributed by atoms with van der Waals surface area (Å²) >= 11 is 6.13. The van der Waals surface area contributed by atoms with Crippen molar-refractivity contribution < 1.29 is 28.6 Å². The van der Waals surface area contributed by atoms with Gasteiger partial charge in [-0.15, -0.1) is 0 Å². The van der Waals surface area contributed by atoms with E-state index < -0.39 is 29.0 Å². The molecule has 2 amide bonds. The quantitative estimate of drug-likeness (QED) is 0.177. The third kappa shape index (κ3) is 8.89. The molecule has 3 aromatic carbocycles. The largest absolute Gasteiger partial charge is 0.493 e. The molecule has 0 spiro atoms. The maximum absolute atomic E-state index is 13.5. The van der Waals surface area contributed by atoms with Gasteiger partial charge < -0.3 is 24.8 Å². The molecule has 0 saturated carbocycles. The molecule has 8 nitrogen and oxygen atoms in total. The molecule has 9 heteroatoms. The predicted molar refractivity (Wildman–Crippen MR) is 153 cm³/mol. The highest BCUT2D eigenvalue weighted by Crippen LogP contribution is 2.32. The van der Waals surface area contributed by atoms with Gasteiger partial charge in [0.1, 0.15) is 11.4 Å². The number of amides is 2. The van der Waals surface area contributed by atoms with E-state index in [2.05, 4.69) is 10.6 Å². The molecular weight excluding hydrogens is 520 g/mol. The molecule has 3 rings (SSSR count). The van der Waals surface area contributed by atoms with E-state index in [1.54, 1.807) is 65.8 Å². The maximum atomic E-state index is 13.5. The number of carbonyl (C=O) groups is 3. The summed E-state index contributed by atoms with van der Waals surface area (Å²) in [7, 11) is 0. The van der Waals surface area contributed by atoms with Crippen molar-refractivity contribution in [3.8, 4) is 11.5 Å². The van der Waals surface area contributed by atoms with E-state index in [9.17, 15) is 14.4 Å². The molecule has 0 saturated heterocycles. The van der Waals surface area contributed by atoms with Crippen LogP contribution in [-0.4, -0.2) is 36.7 Å². The highest BCUT2D eigenvalue weighted by Gasteiger charge is 2.25. The van der Waals surface area contributed by atoms with E-state index in [1.165, 1.54) is 6.07 Å². The summed E-state index contributed by atoms with van der Waals surface area (Å²) < 4.78 is 16.8. The minimum Gasteiger partial charge on any atom is -0.493 e. The maximum Gasteiger partial charge on any atom is 0.407 e. The lowest BCUT2D eigenvalue weighted by Gasteiger charge is -2.20. The zero-order chi connectivity index (χ0) is 28.8. The second-order valence-corrected chi connectivity index (χ2v) is 11.5. The van der Waals surface area contributed by atoms with E-state index in [0.29, 0.717) is 35.0 Å². The molecule has 39 heavy (non-hydrogen) atoms. The number of anilines is 1. The highest BCUT2D eigenvalue weighted by molar-refractivity contribution is 6.31. The van der Waals surface area contributed by atoms with Crippen molar-refractivity contribution in [2.45, 2.75) is 53.6 Å².